The Morgan fingerprint density at radius 1 is 1.42 bits per heavy atom. The van der Waals surface area contributed by atoms with Gasteiger partial charge in [0, 0.05) is 5.41 Å². The average molecular weight is 193 g/mol. The van der Waals surface area contributed by atoms with Crippen LogP contribution in [0.5, 0.6) is 0 Å². The first-order chi connectivity index (χ1) is 5.21. The molecule has 1 rings (SSSR count). The molecule has 0 aliphatic heterocycles. The van der Waals surface area contributed by atoms with E-state index in [0.29, 0.717) is 6.54 Å². The fourth-order valence-corrected chi connectivity index (χ4v) is 1.66. The average Bonchev–Trinajstić information content (AvgIpc) is 1.85. The van der Waals surface area contributed by atoms with Crippen molar-refractivity contribution in [2.24, 2.45) is 16.9 Å². The van der Waals surface area contributed by atoms with Crippen LogP contribution in [0, 0.1) is 5.41 Å². The van der Waals surface area contributed by atoms with Crippen molar-refractivity contribution >= 4 is 18.3 Å². The van der Waals surface area contributed by atoms with Gasteiger partial charge in [0.1, 0.15) is 0 Å². The fraction of sp³-hybridized carbons (Fsp3) is 0.875. The molecule has 0 radical (unpaired) electrons. The maximum atomic E-state index is 11.0. The van der Waals surface area contributed by atoms with Gasteiger partial charge >= 0.3 is 0 Å². The van der Waals surface area contributed by atoms with Crippen LogP contribution in [0.3, 0.4) is 0 Å². The highest BCUT2D eigenvalue weighted by molar-refractivity contribution is 5.85. The van der Waals surface area contributed by atoms with Crippen LogP contribution in [0.2, 0.25) is 0 Å². The second-order valence-corrected chi connectivity index (χ2v) is 3.39. The third-order valence-electron chi connectivity index (χ3n) is 2.69. The first-order valence-corrected chi connectivity index (χ1v) is 4.21. The molecule has 1 aliphatic rings. The molecule has 0 atom stereocenters. The number of rotatable bonds is 4. The molecule has 4 N–H and O–H groups in total. The minimum atomic E-state index is -0.167. The molecule has 3 nitrogen and oxygen atoms in total. The Bertz CT molecular complexity index is 157. The largest absolute Gasteiger partial charge is 0.369 e. The number of carbonyl (C=O) groups is 1. The van der Waals surface area contributed by atoms with Gasteiger partial charge in [-0.2, -0.15) is 0 Å². The minimum absolute atomic E-state index is 0. The molecule has 1 saturated carbocycles. The predicted molar refractivity (Wildman–Crippen MR) is 51.0 cm³/mol. The highest BCUT2D eigenvalue weighted by Gasteiger charge is 2.41. The lowest BCUT2D eigenvalue weighted by molar-refractivity contribution is -0.133. The van der Waals surface area contributed by atoms with Crippen LogP contribution >= 0.6 is 12.4 Å². The summed E-state index contributed by atoms with van der Waals surface area (Å²) in [6.45, 7) is 0.662. The lowest BCUT2D eigenvalue weighted by Gasteiger charge is -2.38. The minimum Gasteiger partial charge on any atom is -0.369 e. The van der Waals surface area contributed by atoms with Crippen molar-refractivity contribution in [2.75, 3.05) is 6.54 Å². The number of hydrogen-bond acceptors (Lipinski definition) is 2. The molecule has 72 valence electrons. The Balaban J connectivity index is 0.00000121. The van der Waals surface area contributed by atoms with Gasteiger partial charge in [-0.3, -0.25) is 4.79 Å². The van der Waals surface area contributed by atoms with E-state index in [1.807, 2.05) is 0 Å². The summed E-state index contributed by atoms with van der Waals surface area (Å²) in [5.74, 6) is -0.128. The van der Waals surface area contributed by atoms with Crippen LogP contribution in [0.25, 0.3) is 0 Å². The molecule has 1 fully saturated rings. The van der Waals surface area contributed by atoms with Gasteiger partial charge in [-0.25, -0.2) is 0 Å². The van der Waals surface area contributed by atoms with Crippen molar-refractivity contribution in [3.63, 3.8) is 0 Å². The van der Waals surface area contributed by atoms with Crippen LogP contribution in [0.15, 0.2) is 0 Å². The topological polar surface area (TPSA) is 69.1 Å². The first kappa shape index (κ1) is 11.7. The third kappa shape index (κ3) is 2.11. The van der Waals surface area contributed by atoms with Crippen LogP contribution in [-0.4, -0.2) is 12.5 Å². The summed E-state index contributed by atoms with van der Waals surface area (Å²) in [6, 6.07) is 0. The van der Waals surface area contributed by atoms with E-state index >= 15 is 0 Å². The number of amides is 1. The van der Waals surface area contributed by atoms with E-state index in [2.05, 4.69) is 0 Å². The van der Waals surface area contributed by atoms with Crippen LogP contribution in [-0.2, 0) is 4.79 Å². The molecule has 0 spiro atoms. The van der Waals surface area contributed by atoms with Crippen molar-refractivity contribution in [1.82, 2.24) is 0 Å². The summed E-state index contributed by atoms with van der Waals surface area (Å²) in [5, 5.41) is 0. The quantitative estimate of drug-likeness (QED) is 0.692. The van der Waals surface area contributed by atoms with Crippen molar-refractivity contribution in [3.05, 3.63) is 0 Å². The number of carbonyl (C=O) groups excluding carboxylic acids is 1. The Morgan fingerprint density at radius 3 is 2.25 bits per heavy atom. The van der Waals surface area contributed by atoms with Crippen molar-refractivity contribution in [1.29, 1.82) is 0 Å². The van der Waals surface area contributed by atoms with Crippen LogP contribution < -0.4 is 11.5 Å². The normalized spacial score (nSPS) is 19.1. The molecule has 0 aromatic rings. The third-order valence-corrected chi connectivity index (χ3v) is 2.69. The van der Waals surface area contributed by atoms with E-state index in [1.54, 1.807) is 0 Å². The van der Waals surface area contributed by atoms with Gasteiger partial charge < -0.3 is 11.5 Å². The summed E-state index contributed by atoms with van der Waals surface area (Å²) in [5.41, 5.74) is 10.5. The zero-order chi connectivity index (χ0) is 8.32. The first-order valence-electron chi connectivity index (χ1n) is 4.21. The number of hydrogen-bond donors (Lipinski definition) is 2. The van der Waals surface area contributed by atoms with Crippen molar-refractivity contribution < 1.29 is 4.79 Å². The lowest BCUT2D eigenvalue weighted by Crippen LogP contribution is -2.42. The summed E-state index contributed by atoms with van der Waals surface area (Å²) < 4.78 is 0. The fourth-order valence-electron chi connectivity index (χ4n) is 1.66. The molecule has 0 saturated heterocycles. The smallest absolute Gasteiger partial charge is 0.223 e. The van der Waals surface area contributed by atoms with Crippen LogP contribution in [0.4, 0.5) is 0 Å². The van der Waals surface area contributed by atoms with E-state index in [9.17, 15) is 4.79 Å². The van der Waals surface area contributed by atoms with Gasteiger partial charge in [0.15, 0.2) is 0 Å². The number of halogens is 1. The van der Waals surface area contributed by atoms with E-state index < -0.39 is 0 Å². The molecule has 4 heteroatoms. The Morgan fingerprint density at radius 2 is 2.00 bits per heavy atom. The molecule has 12 heavy (non-hydrogen) atoms. The number of primary amides is 1. The summed E-state index contributed by atoms with van der Waals surface area (Å²) >= 11 is 0. The maximum absolute atomic E-state index is 11.0. The SMILES string of the molecule is Cl.NCCCC1(C(N)=O)CCC1. The monoisotopic (exact) mass is 192 g/mol. The second kappa shape index (κ2) is 4.67. The summed E-state index contributed by atoms with van der Waals surface area (Å²) in [6.07, 6.45) is 4.90. The highest BCUT2D eigenvalue weighted by atomic mass is 35.5. The Kier molecular flexibility index (Phi) is 4.57. The van der Waals surface area contributed by atoms with Gasteiger partial charge in [0.05, 0.1) is 0 Å². The summed E-state index contributed by atoms with van der Waals surface area (Å²) in [7, 11) is 0. The Labute approximate surface area is 79.3 Å². The standard InChI is InChI=1S/C8H16N2O.ClH/c9-6-2-5-8(7(10)11)3-1-4-8;/h1-6,9H2,(H2,10,11);1H. The van der Waals surface area contributed by atoms with Crippen molar-refractivity contribution in [3.8, 4) is 0 Å². The van der Waals surface area contributed by atoms with Crippen LogP contribution in [0.1, 0.15) is 32.1 Å². The van der Waals surface area contributed by atoms with Gasteiger partial charge in [0.25, 0.3) is 0 Å². The predicted octanol–water partition coefficient (Wildman–Crippen LogP) is 0.803. The van der Waals surface area contributed by atoms with Gasteiger partial charge in [-0.1, -0.05) is 6.42 Å². The van der Waals surface area contributed by atoms with Gasteiger partial charge in [0.2, 0.25) is 5.91 Å². The second-order valence-electron chi connectivity index (χ2n) is 3.39. The van der Waals surface area contributed by atoms with E-state index in [-0.39, 0.29) is 23.7 Å². The molecule has 0 aromatic heterocycles. The summed E-state index contributed by atoms with van der Waals surface area (Å²) in [4.78, 5) is 11.0. The molecular weight excluding hydrogens is 176 g/mol. The lowest BCUT2D eigenvalue weighted by atomic mass is 9.65. The zero-order valence-electron chi connectivity index (χ0n) is 7.21. The van der Waals surface area contributed by atoms with Gasteiger partial charge in [-0.05, 0) is 32.2 Å². The van der Waals surface area contributed by atoms with Gasteiger partial charge in [-0.15, -0.1) is 12.4 Å². The molecule has 1 amide bonds. The molecular formula is C8H17ClN2O. The molecule has 0 heterocycles. The number of nitrogens with two attached hydrogens (primary N) is 2. The molecule has 0 bridgehead atoms. The zero-order valence-corrected chi connectivity index (χ0v) is 8.03. The molecule has 1 aliphatic carbocycles. The highest BCUT2D eigenvalue weighted by Crippen LogP contribution is 2.44. The molecule has 0 unspecified atom stereocenters. The van der Waals surface area contributed by atoms with E-state index in [1.165, 1.54) is 0 Å². The van der Waals surface area contributed by atoms with Crippen molar-refractivity contribution in [2.45, 2.75) is 32.1 Å². The molecule has 0 aromatic carbocycles. The van der Waals surface area contributed by atoms with E-state index in [4.69, 9.17) is 11.5 Å². The Hall–Kier alpha value is -0.280. The van der Waals surface area contributed by atoms with E-state index in [0.717, 1.165) is 32.1 Å². The maximum Gasteiger partial charge on any atom is 0.223 e.